The highest BCUT2D eigenvalue weighted by atomic mass is 32.1. The Hall–Kier alpha value is -3.71. The second-order valence-electron chi connectivity index (χ2n) is 7.49. The standard InChI is InChI=1S/C26H27N3O3S/c1-30-18-9-6-8-17(14-18)29-26(33)28-16-22(20-11-7-13-24(31-2)25(20)32-3)21-15-27-23-12-5-4-10-19(21)23/h4-15,22,27H,16H2,1-3H3,(H2,28,29,33)/t22-/m1/s1. The second kappa shape index (κ2) is 10.3. The van der Waals surface area contributed by atoms with Crippen molar-refractivity contribution in [2.75, 3.05) is 33.2 Å². The molecular formula is C26H27N3O3S. The molecule has 0 aliphatic carbocycles. The van der Waals surface area contributed by atoms with Crippen molar-refractivity contribution in [3.8, 4) is 17.2 Å². The summed E-state index contributed by atoms with van der Waals surface area (Å²) in [6.45, 7) is 0.557. The maximum atomic E-state index is 5.76. The topological polar surface area (TPSA) is 67.5 Å². The highest BCUT2D eigenvalue weighted by Crippen LogP contribution is 2.40. The molecule has 0 radical (unpaired) electrons. The van der Waals surface area contributed by atoms with Crippen molar-refractivity contribution in [3.05, 3.63) is 84.1 Å². The summed E-state index contributed by atoms with van der Waals surface area (Å²) in [5.74, 6) is 2.12. The molecule has 0 bridgehead atoms. The van der Waals surface area contributed by atoms with Gasteiger partial charge in [-0.2, -0.15) is 0 Å². The Bertz CT molecular complexity index is 1250. The Morgan fingerprint density at radius 3 is 2.52 bits per heavy atom. The van der Waals surface area contributed by atoms with Gasteiger partial charge in [0.2, 0.25) is 0 Å². The molecular weight excluding hydrogens is 434 g/mol. The van der Waals surface area contributed by atoms with E-state index in [0.29, 0.717) is 23.2 Å². The zero-order valence-corrected chi connectivity index (χ0v) is 19.7. The Morgan fingerprint density at radius 2 is 1.73 bits per heavy atom. The molecule has 3 aromatic carbocycles. The summed E-state index contributed by atoms with van der Waals surface area (Å²) in [5.41, 5.74) is 4.10. The monoisotopic (exact) mass is 461 g/mol. The first-order chi connectivity index (χ1) is 16.1. The maximum absolute atomic E-state index is 5.76. The molecule has 4 aromatic rings. The molecule has 170 valence electrons. The largest absolute Gasteiger partial charge is 0.497 e. The maximum Gasteiger partial charge on any atom is 0.170 e. The fourth-order valence-electron chi connectivity index (χ4n) is 4.03. The van der Waals surface area contributed by atoms with Gasteiger partial charge in [0, 0.05) is 46.9 Å². The number of aromatic nitrogens is 1. The van der Waals surface area contributed by atoms with Gasteiger partial charge in [-0.1, -0.05) is 36.4 Å². The molecule has 0 aliphatic heterocycles. The summed E-state index contributed by atoms with van der Waals surface area (Å²) in [7, 11) is 4.95. The average Bonchev–Trinajstić information content (AvgIpc) is 3.28. The summed E-state index contributed by atoms with van der Waals surface area (Å²) >= 11 is 5.59. The molecule has 7 heteroatoms. The van der Waals surface area contributed by atoms with E-state index in [1.165, 1.54) is 0 Å². The fourth-order valence-corrected chi connectivity index (χ4v) is 4.23. The minimum atomic E-state index is -0.0451. The van der Waals surface area contributed by atoms with Crippen LogP contribution in [0.3, 0.4) is 0 Å². The first kappa shape index (κ1) is 22.5. The number of anilines is 1. The van der Waals surface area contributed by atoms with E-state index < -0.39 is 0 Å². The average molecular weight is 462 g/mol. The lowest BCUT2D eigenvalue weighted by atomic mass is 9.90. The highest BCUT2D eigenvalue weighted by molar-refractivity contribution is 7.80. The lowest BCUT2D eigenvalue weighted by Gasteiger charge is -2.23. The van der Waals surface area contributed by atoms with Crippen molar-refractivity contribution in [2.45, 2.75) is 5.92 Å². The summed E-state index contributed by atoms with van der Waals surface area (Å²) in [5, 5.41) is 8.29. The van der Waals surface area contributed by atoms with E-state index in [2.05, 4.69) is 40.0 Å². The molecule has 0 spiro atoms. The summed E-state index contributed by atoms with van der Waals surface area (Å²) in [6.07, 6.45) is 2.05. The molecule has 0 aliphatic rings. The molecule has 0 unspecified atom stereocenters. The van der Waals surface area contributed by atoms with E-state index in [4.69, 9.17) is 26.4 Å². The van der Waals surface area contributed by atoms with Gasteiger partial charge in [-0.15, -0.1) is 0 Å². The number of ether oxygens (including phenoxy) is 3. The summed E-state index contributed by atoms with van der Waals surface area (Å²) in [4.78, 5) is 3.38. The van der Waals surface area contributed by atoms with Gasteiger partial charge < -0.3 is 29.8 Å². The van der Waals surface area contributed by atoms with Crippen LogP contribution >= 0.6 is 12.2 Å². The van der Waals surface area contributed by atoms with E-state index in [1.807, 2.05) is 48.5 Å². The first-order valence-corrected chi connectivity index (χ1v) is 11.0. The molecule has 0 amide bonds. The number of thiocarbonyl (C=S) groups is 1. The van der Waals surface area contributed by atoms with Crippen LogP contribution in [0.2, 0.25) is 0 Å². The molecule has 6 nitrogen and oxygen atoms in total. The van der Waals surface area contributed by atoms with Gasteiger partial charge >= 0.3 is 0 Å². The van der Waals surface area contributed by atoms with Gasteiger partial charge in [-0.05, 0) is 42.0 Å². The minimum Gasteiger partial charge on any atom is -0.497 e. The van der Waals surface area contributed by atoms with Crippen molar-refractivity contribution >= 4 is 33.9 Å². The van der Waals surface area contributed by atoms with E-state index >= 15 is 0 Å². The zero-order valence-electron chi connectivity index (χ0n) is 18.8. The van der Waals surface area contributed by atoms with Crippen molar-refractivity contribution in [2.24, 2.45) is 0 Å². The highest BCUT2D eigenvalue weighted by Gasteiger charge is 2.24. The molecule has 0 saturated carbocycles. The number of para-hydroxylation sites is 2. The van der Waals surface area contributed by atoms with Crippen LogP contribution < -0.4 is 24.8 Å². The molecule has 1 heterocycles. The van der Waals surface area contributed by atoms with Crippen LogP contribution in [0.1, 0.15) is 17.0 Å². The Morgan fingerprint density at radius 1 is 0.909 bits per heavy atom. The number of nitrogens with one attached hydrogen (secondary N) is 3. The zero-order chi connectivity index (χ0) is 23.2. The fraction of sp³-hybridized carbons (Fsp3) is 0.192. The van der Waals surface area contributed by atoms with Gasteiger partial charge in [-0.3, -0.25) is 0 Å². The number of H-pyrrole nitrogens is 1. The van der Waals surface area contributed by atoms with Crippen molar-refractivity contribution in [1.82, 2.24) is 10.3 Å². The number of hydrogen-bond donors (Lipinski definition) is 3. The predicted octanol–water partition coefficient (Wildman–Crippen LogP) is 5.31. The number of aromatic amines is 1. The predicted molar refractivity (Wildman–Crippen MR) is 137 cm³/mol. The van der Waals surface area contributed by atoms with E-state index in [1.54, 1.807) is 21.3 Å². The lowest BCUT2D eigenvalue weighted by molar-refractivity contribution is 0.350. The minimum absolute atomic E-state index is 0.0451. The first-order valence-electron chi connectivity index (χ1n) is 10.6. The normalized spacial score (nSPS) is 11.6. The third-order valence-corrected chi connectivity index (χ3v) is 5.85. The van der Waals surface area contributed by atoms with E-state index in [-0.39, 0.29) is 5.92 Å². The Labute approximate surface area is 198 Å². The van der Waals surface area contributed by atoms with E-state index in [0.717, 1.165) is 33.5 Å². The lowest BCUT2D eigenvalue weighted by Crippen LogP contribution is -2.32. The third-order valence-electron chi connectivity index (χ3n) is 5.60. The number of rotatable bonds is 8. The summed E-state index contributed by atoms with van der Waals surface area (Å²) < 4.78 is 16.6. The van der Waals surface area contributed by atoms with Crippen molar-refractivity contribution < 1.29 is 14.2 Å². The van der Waals surface area contributed by atoms with Gasteiger partial charge in [0.05, 0.1) is 21.3 Å². The van der Waals surface area contributed by atoms with Crippen LogP contribution in [-0.4, -0.2) is 38.0 Å². The van der Waals surface area contributed by atoms with Gasteiger partial charge in [0.1, 0.15) is 5.75 Å². The third kappa shape index (κ3) is 4.88. The van der Waals surface area contributed by atoms with Crippen LogP contribution in [0.5, 0.6) is 17.2 Å². The van der Waals surface area contributed by atoms with Crippen LogP contribution in [0.15, 0.2) is 72.9 Å². The number of benzene rings is 3. The quantitative estimate of drug-likeness (QED) is 0.309. The molecule has 0 fully saturated rings. The molecule has 1 aromatic heterocycles. The molecule has 0 saturated heterocycles. The van der Waals surface area contributed by atoms with Gasteiger partial charge in [0.25, 0.3) is 0 Å². The molecule has 33 heavy (non-hydrogen) atoms. The van der Waals surface area contributed by atoms with Crippen LogP contribution in [0, 0.1) is 0 Å². The van der Waals surface area contributed by atoms with Crippen LogP contribution in [0.25, 0.3) is 10.9 Å². The van der Waals surface area contributed by atoms with E-state index in [9.17, 15) is 0 Å². The van der Waals surface area contributed by atoms with Crippen molar-refractivity contribution in [3.63, 3.8) is 0 Å². The Balaban J connectivity index is 1.65. The number of hydrogen-bond acceptors (Lipinski definition) is 4. The molecule has 4 rings (SSSR count). The molecule has 3 N–H and O–H groups in total. The van der Waals surface area contributed by atoms with Crippen molar-refractivity contribution in [1.29, 1.82) is 0 Å². The number of methoxy groups -OCH3 is 3. The summed E-state index contributed by atoms with van der Waals surface area (Å²) in [6, 6.07) is 21.8. The van der Waals surface area contributed by atoms with Crippen LogP contribution in [-0.2, 0) is 0 Å². The number of fused-ring (bicyclic) bond motifs is 1. The van der Waals surface area contributed by atoms with Gasteiger partial charge in [0.15, 0.2) is 16.6 Å². The Kier molecular flexibility index (Phi) is 7.00. The smallest absolute Gasteiger partial charge is 0.170 e. The van der Waals surface area contributed by atoms with Gasteiger partial charge in [-0.25, -0.2) is 0 Å². The molecule has 1 atom stereocenters. The SMILES string of the molecule is COc1cccc(NC(=S)NC[C@H](c2cccc(OC)c2OC)c2c[nH]c3ccccc23)c1. The van der Waals surface area contributed by atoms with Crippen LogP contribution in [0.4, 0.5) is 5.69 Å². The second-order valence-corrected chi connectivity index (χ2v) is 7.90.